The number of hydrogen-bond acceptors (Lipinski definition) is 4. The summed E-state index contributed by atoms with van der Waals surface area (Å²) in [5, 5.41) is 12.8. The summed E-state index contributed by atoms with van der Waals surface area (Å²) in [6, 6.07) is 17.3. The van der Waals surface area contributed by atoms with E-state index in [2.05, 4.69) is 5.32 Å². The van der Waals surface area contributed by atoms with Crippen LogP contribution in [0.4, 0.5) is 5.69 Å². The first kappa shape index (κ1) is 20.5. The van der Waals surface area contributed by atoms with E-state index in [0.717, 1.165) is 0 Å². The van der Waals surface area contributed by atoms with E-state index in [-0.39, 0.29) is 5.57 Å². The molecule has 0 fully saturated rings. The van der Waals surface area contributed by atoms with Gasteiger partial charge < -0.3 is 14.5 Å². The average molecular weight is 427 g/mol. The molecule has 2 aromatic carbocycles. The fourth-order valence-electron chi connectivity index (χ4n) is 2.56. The maximum absolute atomic E-state index is 12.4. The number of rotatable bonds is 6. The third kappa shape index (κ3) is 5.00. The Kier molecular flexibility index (Phi) is 6.61. The van der Waals surface area contributed by atoms with Gasteiger partial charge in [0.05, 0.1) is 16.7 Å². The van der Waals surface area contributed by atoms with Crippen molar-refractivity contribution < 1.29 is 13.9 Å². The molecule has 0 saturated heterocycles. The molecule has 5 nitrogen and oxygen atoms in total. The lowest BCUT2D eigenvalue weighted by Crippen LogP contribution is -2.13. The Morgan fingerprint density at radius 1 is 1.17 bits per heavy atom. The highest BCUT2D eigenvalue weighted by Gasteiger charge is 2.13. The van der Waals surface area contributed by atoms with E-state index < -0.39 is 5.91 Å². The smallest absolute Gasteiger partial charge is 0.266 e. The molecule has 1 amide bonds. The molecule has 7 heteroatoms. The first-order valence-corrected chi connectivity index (χ1v) is 9.47. The number of furan rings is 1. The summed E-state index contributed by atoms with van der Waals surface area (Å²) in [5.74, 6) is 0.974. The Morgan fingerprint density at radius 2 is 1.93 bits per heavy atom. The number of nitrogens with one attached hydrogen (secondary N) is 1. The first-order chi connectivity index (χ1) is 14.0. The van der Waals surface area contributed by atoms with E-state index in [1.54, 1.807) is 54.6 Å². The van der Waals surface area contributed by atoms with Gasteiger partial charge in [0, 0.05) is 17.3 Å². The van der Waals surface area contributed by atoms with E-state index in [9.17, 15) is 10.1 Å². The number of hydrogen-bond donors (Lipinski definition) is 1. The quantitative estimate of drug-likeness (QED) is 0.376. The van der Waals surface area contributed by atoms with Crippen molar-refractivity contribution >= 4 is 40.9 Å². The minimum atomic E-state index is -0.546. The second-order valence-corrected chi connectivity index (χ2v) is 6.67. The normalized spacial score (nSPS) is 11.0. The number of halogens is 2. The monoisotopic (exact) mass is 426 g/mol. The number of nitriles is 1. The second kappa shape index (κ2) is 9.33. The maximum Gasteiger partial charge on any atom is 0.266 e. The standard InChI is InChI=1S/C22H16Cl2N2O3/c1-2-28-16-8-6-15(7-9-16)26-22(27)14(13-25)12-17-10-11-20(29-17)18-4-3-5-19(23)21(18)24/h3-12H,2H2,1H3,(H,26,27)/b14-12+. The number of anilines is 1. The number of ether oxygens (including phenoxy) is 1. The number of benzene rings is 2. The van der Waals surface area contributed by atoms with Crippen LogP contribution in [0.15, 0.2) is 64.6 Å². The topological polar surface area (TPSA) is 75.3 Å². The molecule has 0 bridgehead atoms. The fourth-order valence-corrected chi connectivity index (χ4v) is 2.95. The van der Waals surface area contributed by atoms with Gasteiger partial charge in [0.1, 0.15) is 28.9 Å². The Hall–Kier alpha value is -3.20. The molecule has 1 N–H and O–H groups in total. The molecule has 3 aromatic rings. The molecule has 0 spiro atoms. The second-order valence-electron chi connectivity index (χ2n) is 5.88. The zero-order valence-electron chi connectivity index (χ0n) is 15.4. The van der Waals surface area contributed by atoms with Gasteiger partial charge in [-0.3, -0.25) is 4.79 Å². The lowest BCUT2D eigenvalue weighted by atomic mass is 10.2. The number of amides is 1. The first-order valence-electron chi connectivity index (χ1n) is 8.72. The number of nitrogens with zero attached hydrogens (tertiary/aromatic N) is 1. The van der Waals surface area contributed by atoms with Crippen LogP contribution in [-0.2, 0) is 4.79 Å². The molecule has 29 heavy (non-hydrogen) atoms. The van der Waals surface area contributed by atoms with Crippen LogP contribution >= 0.6 is 23.2 Å². The third-order valence-corrected chi connectivity index (χ3v) is 4.74. The lowest BCUT2D eigenvalue weighted by Gasteiger charge is -2.06. The largest absolute Gasteiger partial charge is 0.494 e. The zero-order valence-corrected chi connectivity index (χ0v) is 16.9. The Balaban J connectivity index is 1.77. The van der Waals surface area contributed by atoms with Crippen LogP contribution in [0, 0.1) is 11.3 Å². The van der Waals surface area contributed by atoms with Crippen molar-refractivity contribution in [3.05, 3.63) is 76.0 Å². The van der Waals surface area contributed by atoms with Crippen LogP contribution in [0.5, 0.6) is 5.75 Å². The van der Waals surface area contributed by atoms with Crippen LogP contribution in [0.3, 0.4) is 0 Å². The van der Waals surface area contributed by atoms with E-state index >= 15 is 0 Å². The average Bonchev–Trinajstić information content (AvgIpc) is 3.18. The summed E-state index contributed by atoms with van der Waals surface area (Å²) in [6.07, 6.45) is 1.37. The van der Waals surface area contributed by atoms with Gasteiger partial charge in [-0.25, -0.2) is 0 Å². The molecule has 0 radical (unpaired) electrons. The van der Waals surface area contributed by atoms with Crippen molar-refractivity contribution in [3.8, 4) is 23.1 Å². The summed E-state index contributed by atoms with van der Waals surface area (Å²) in [4.78, 5) is 12.4. The van der Waals surface area contributed by atoms with Crippen molar-refractivity contribution in [1.82, 2.24) is 0 Å². The van der Waals surface area contributed by atoms with E-state index in [0.29, 0.717) is 45.2 Å². The molecule has 146 valence electrons. The lowest BCUT2D eigenvalue weighted by molar-refractivity contribution is -0.112. The SMILES string of the molecule is CCOc1ccc(NC(=O)/C(C#N)=C/c2ccc(-c3cccc(Cl)c3Cl)o2)cc1. The molecule has 1 aromatic heterocycles. The molecule has 3 rings (SSSR count). The molecule has 0 atom stereocenters. The Labute approximate surface area is 178 Å². The van der Waals surface area contributed by atoms with Crippen molar-refractivity contribution in [1.29, 1.82) is 5.26 Å². The molecule has 0 aliphatic carbocycles. The van der Waals surface area contributed by atoms with Gasteiger partial charge >= 0.3 is 0 Å². The molecular weight excluding hydrogens is 411 g/mol. The molecular formula is C22H16Cl2N2O3. The summed E-state index contributed by atoms with van der Waals surface area (Å²) >= 11 is 12.2. The zero-order chi connectivity index (χ0) is 20.8. The Bertz CT molecular complexity index is 1100. The minimum Gasteiger partial charge on any atom is -0.494 e. The predicted octanol–water partition coefficient (Wildman–Crippen LogP) is 6.20. The highest BCUT2D eigenvalue weighted by Crippen LogP contribution is 2.34. The molecule has 0 aliphatic heterocycles. The molecule has 0 saturated carbocycles. The Morgan fingerprint density at radius 3 is 2.62 bits per heavy atom. The van der Waals surface area contributed by atoms with Crippen molar-refractivity contribution in [3.63, 3.8) is 0 Å². The van der Waals surface area contributed by atoms with Crippen LogP contribution in [-0.4, -0.2) is 12.5 Å². The minimum absolute atomic E-state index is 0.100. The van der Waals surface area contributed by atoms with Gasteiger partial charge in [0.2, 0.25) is 0 Å². The summed E-state index contributed by atoms with van der Waals surface area (Å²) in [5.41, 5.74) is 1.07. The van der Waals surface area contributed by atoms with E-state index in [4.69, 9.17) is 32.4 Å². The highest BCUT2D eigenvalue weighted by molar-refractivity contribution is 6.43. The van der Waals surface area contributed by atoms with Crippen LogP contribution in [0.25, 0.3) is 17.4 Å². The van der Waals surface area contributed by atoms with Crippen LogP contribution in [0.2, 0.25) is 10.0 Å². The van der Waals surface area contributed by atoms with Crippen LogP contribution in [0.1, 0.15) is 12.7 Å². The molecule has 0 unspecified atom stereocenters. The van der Waals surface area contributed by atoms with E-state index in [1.165, 1.54) is 6.08 Å². The highest BCUT2D eigenvalue weighted by atomic mass is 35.5. The maximum atomic E-state index is 12.4. The van der Waals surface area contributed by atoms with Crippen molar-refractivity contribution in [2.75, 3.05) is 11.9 Å². The van der Waals surface area contributed by atoms with Gasteiger partial charge in [-0.2, -0.15) is 5.26 Å². The summed E-state index contributed by atoms with van der Waals surface area (Å²) in [6.45, 7) is 2.44. The van der Waals surface area contributed by atoms with Gasteiger partial charge in [0.15, 0.2) is 0 Å². The van der Waals surface area contributed by atoms with Gasteiger partial charge in [0.25, 0.3) is 5.91 Å². The van der Waals surface area contributed by atoms with Gasteiger partial charge in [-0.1, -0.05) is 29.3 Å². The number of carbonyl (C=O) groups excluding carboxylic acids is 1. The predicted molar refractivity (Wildman–Crippen MR) is 114 cm³/mol. The summed E-state index contributed by atoms with van der Waals surface area (Å²) < 4.78 is 11.1. The van der Waals surface area contributed by atoms with Gasteiger partial charge in [-0.05, 0) is 55.5 Å². The fraction of sp³-hybridized carbons (Fsp3) is 0.0909. The van der Waals surface area contributed by atoms with E-state index in [1.807, 2.05) is 13.0 Å². The van der Waals surface area contributed by atoms with Crippen molar-refractivity contribution in [2.45, 2.75) is 6.92 Å². The number of carbonyl (C=O) groups is 1. The summed E-state index contributed by atoms with van der Waals surface area (Å²) in [7, 11) is 0. The van der Waals surface area contributed by atoms with Crippen molar-refractivity contribution in [2.24, 2.45) is 0 Å². The van der Waals surface area contributed by atoms with Gasteiger partial charge in [-0.15, -0.1) is 0 Å². The molecule has 1 heterocycles. The molecule has 0 aliphatic rings. The van der Waals surface area contributed by atoms with Crippen LogP contribution < -0.4 is 10.1 Å². The third-order valence-electron chi connectivity index (χ3n) is 3.92.